The summed E-state index contributed by atoms with van der Waals surface area (Å²) in [5.41, 5.74) is 4.37. The van der Waals surface area contributed by atoms with E-state index in [2.05, 4.69) is 11.6 Å². The number of amides is 3. The fourth-order valence-electron chi connectivity index (χ4n) is 3.78. The number of anilines is 1. The molecule has 162 valence electrons. The molecule has 1 saturated carbocycles. The molecule has 0 bridgehead atoms. The van der Waals surface area contributed by atoms with Gasteiger partial charge in [-0.05, 0) is 50.3 Å². The molecular weight excluding hydrogens is 394 g/mol. The lowest BCUT2D eigenvalue weighted by molar-refractivity contribution is -0.123. The molecule has 1 unspecified atom stereocenters. The smallest absolute Gasteiger partial charge is 0.331 e. The van der Waals surface area contributed by atoms with Crippen LogP contribution in [0.5, 0.6) is 0 Å². The molecule has 1 N–H and O–H groups in total. The summed E-state index contributed by atoms with van der Waals surface area (Å²) in [7, 11) is 1.49. The topological polar surface area (TPSA) is 90.5 Å². The zero-order chi connectivity index (χ0) is 22.3. The van der Waals surface area contributed by atoms with Crippen LogP contribution in [-0.2, 0) is 11.2 Å². The second-order valence-corrected chi connectivity index (χ2v) is 8.32. The molecule has 0 radical (unpaired) electrons. The number of nitrogens with zero attached hydrogens (tertiary/aromatic N) is 5. The molecule has 1 atom stereocenters. The number of carbonyl (C=O) groups is 2. The summed E-state index contributed by atoms with van der Waals surface area (Å²) < 4.78 is 1.90. The molecule has 8 nitrogen and oxygen atoms in total. The number of fused-ring (bicyclic) bond motifs is 1. The van der Waals surface area contributed by atoms with Crippen LogP contribution < -0.4 is 4.90 Å². The highest BCUT2D eigenvalue weighted by Gasteiger charge is 2.36. The van der Waals surface area contributed by atoms with Crippen LogP contribution in [0.2, 0.25) is 0 Å². The molecule has 4 rings (SSSR count). The summed E-state index contributed by atoms with van der Waals surface area (Å²) in [6, 6.07) is 1.62. The summed E-state index contributed by atoms with van der Waals surface area (Å²) in [6.45, 7) is 7.43. The van der Waals surface area contributed by atoms with Crippen molar-refractivity contribution in [2.75, 3.05) is 18.5 Å². The molecule has 3 amide bonds. The third-order valence-electron chi connectivity index (χ3n) is 5.51. The van der Waals surface area contributed by atoms with Crippen LogP contribution in [0.4, 0.5) is 10.5 Å². The van der Waals surface area contributed by atoms with Gasteiger partial charge in [-0.2, -0.15) is 0 Å². The Kier molecular flexibility index (Phi) is 5.49. The molecule has 2 aromatic heterocycles. The van der Waals surface area contributed by atoms with E-state index < -0.39 is 6.10 Å². The minimum atomic E-state index is -0.842. The van der Waals surface area contributed by atoms with E-state index in [-0.39, 0.29) is 24.9 Å². The van der Waals surface area contributed by atoms with E-state index in [0.29, 0.717) is 28.6 Å². The van der Waals surface area contributed by atoms with Crippen LogP contribution in [0.15, 0.2) is 47.9 Å². The number of allylic oxidation sites excluding steroid dienone is 2. The molecule has 1 aliphatic heterocycles. The first-order valence-corrected chi connectivity index (χ1v) is 10.4. The second kappa shape index (κ2) is 8.11. The number of rotatable bonds is 7. The molecule has 2 aromatic rings. The largest absolute Gasteiger partial charge is 0.386 e. The Hall–Kier alpha value is -3.26. The first kappa shape index (κ1) is 21.0. The first-order chi connectivity index (χ1) is 14.8. The molecular formula is C23H27N5O3. The van der Waals surface area contributed by atoms with Gasteiger partial charge in [-0.3, -0.25) is 19.6 Å². The predicted molar refractivity (Wildman–Crippen MR) is 119 cm³/mol. The van der Waals surface area contributed by atoms with E-state index in [9.17, 15) is 14.7 Å². The fraction of sp³-hybridized carbons (Fsp3) is 0.391. The van der Waals surface area contributed by atoms with Crippen molar-refractivity contribution in [1.82, 2.24) is 14.3 Å². The minimum absolute atomic E-state index is 0.000639. The Labute approximate surface area is 181 Å². The van der Waals surface area contributed by atoms with Crippen LogP contribution in [0.3, 0.4) is 0 Å². The van der Waals surface area contributed by atoms with Gasteiger partial charge in [-0.1, -0.05) is 12.7 Å². The standard InChI is InChI=1S/C23H27N5O3/c1-5-6-18(24-14(2)3)20(29)10-17-12-27-11-16(15-7-8-15)9-19(22(27)25-17)28-13-21(30)26(4)23(28)31/h5-6,9,11-12,15,20,29H,1,7-8,10,13H2,2-4H3/b18-6-. The number of aliphatic hydroxyl groups excluding tert-OH is 1. The second-order valence-electron chi connectivity index (χ2n) is 8.32. The Morgan fingerprint density at radius 3 is 2.68 bits per heavy atom. The Bertz CT molecular complexity index is 1120. The number of imide groups is 1. The fourth-order valence-corrected chi connectivity index (χ4v) is 3.78. The van der Waals surface area contributed by atoms with Gasteiger partial charge >= 0.3 is 6.03 Å². The number of aromatic nitrogens is 2. The van der Waals surface area contributed by atoms with E-state index in [0.717, 1.165) is 29.0 Å². The van der Waals surface area contributed by atoms with Crippen molar-refractivity contribution < 1.29 is 14.7 Å². The Morgan fingerprint density at radius 2 is 2.10 bits per heavy atom. The molecule has 2 aliphatic rings. The molecule has 0 aromatic carbocycles. The van der Waals surface area contributed by atoms with Crippen molar-refractivity contribution in [2.24, 2.45) is 4.99 Å². The van der Waals surface area contributed by atoms with E-state index >= 15 is 0 Å². The molecule has 1 saturated heterocycles. The average Bonchev–Trinajstić information content (AvgIpc) is 3.44. The highest BCUT2D eigenvalue weighted by Crippen LogP contribution is 2.42. The Balaban J connectivity index is 1.72. The number of aliphatic hydroxyl groups is 1. The van der Waals surface area contributed by atoms with Crippen molar-refractivity contribution in [3.63, 3.8) is 0 Å². The SMILES string of the molecule is C=C/C=C(\N=C(C)C)C(O)Cc1cn2cc(C3CC3)cc(N3CC(=O)N(C)C3=O)c2n1. The lowest BCUT2D eigenvalue weighted by atomic mass is 10.1. The van der Waals surface area contributed by atoms with Crippen LogP contribution in [0, 0.1) is 0 Å². The van der Waals surface area contributed by atoms with Gasteiger partial charge in [-0.25, -0.2) is 9.78 Å². The summed E-state index contributed by atoms with van der Waals surface area (Å²) in [5.74, 6) is 0.226. The summed E-state index contributed by atoms with van der Waals surface area (Å²) >= 11 is 0. The quantitative estimate of drug-likeness (QED) is 0.423. The number of hydrogen-bond donors (Lipinski definition) is 1. The lowest BCUT2D eigenvalue weighted by Gasteiger charge is -2.17. The summed E-state index contributed by atoms with van der Waals surface area (Å²) in [5, 5.41) is 10.7. The number of carbonyl (C=O) groups excluding carboxylic acids is 2. The maximum absolute atomic E-state index is 12.6. The van der Waals surface area contributed by atoms with Crippen LogP contribution in [0.1, 0.15) is 43.9 Å². The van der Waals surface area contributed by atoms with Gasteiger partial charge in [-0.15, -0.1) is 0 Å². The zero-order valence-corrected chi connectivity index (χ0v) is 18.1. The molecule has 31 heavy (non-hydrogen) atoms. The van der Waals surface area contributed by atoms with Crippen molar-refractivity contribution in [1.29, 1.82) is 0 Å². The number of urea groups is 1. The lowest BCUT2D eigenvalue weighted by Crippen LogP contribution is -2.30. The van der Waals surface area contributed by atoms with Crippen molar-refractivity contribution in [3.8, 4) is 0 Å². The highest BCUT2D eigenvalue weighted by molar-refractivity contribution is 6.13. The van der Waals surface area contributed by atoms with Gasteiger partial charge in [0.15, 0.2) is 5.65 Å². The minimum Gasteiger partial charge on any atom is -0.386 e. The van der Waals surface area contributed by atoms with Gasteiger partial charge in [0.2, 0.25) is 5.91 Å². The van der Waals surface area contributed by atoms with Crippen LogP contribution >= 0.6 is 0 Å². The summed E-state index contributed by atoms with van der Waals surface area (Å²) in [6.07, 6.45) is 8.84. The van der Waals surface area contributed by atoms with Gasteiger partial charge in [0.25, 0.3) is 0 Å². The molecule has 3 heterocycles. The van der Waals surface area contributed by atoms with Gasteiger partial charge in [0.05, 0.1) is 17.1 Å². The molecule has 1 aliphatic carbocycles. The predicted octanol–water partition coefficient (Wildman–Crippen LogP) is 3.06. The van der Waals surface area contributed by atoms with Crippen LogP contribution in [0.25, 0.3) is 5.65 Å². The molecule has 0 spiro atoms. The summed E-state index contributed by atoms with van der Waals surface area (Å²) in [4.78, 5) is 36.4. The van der Waals surface area contributed by atoms with Crippen LogP contribution in [-0.4, -0.2) is 56.7 Å². The van der Waals surface area contributed by atoms with Crippen molar-refractivity contribution >= 4 is 29.0 Å². The van der Waals surface area contributed by atoms with E-state index in [1.165, 1.54) is 11.9 Å². The third kappa shape index (κ3) is 4.16. The van der Waals surface area contributed by atoms with E-state index in [1.807, 2.05) is 36.7 Å². The number of aliphatic imine (C=N–C) groups is 1. The first-order valence-electron chi connectivity index (χ1n) is 10.4. The number of hydrogen-bond acceptors (Lipinski definition) is 5. The number of imidazole rings is 1. The Morgan fingerprint density at radius 1 is 1.35 bits per heavy atom. The van der Waals surface area contributed by atoms with Crippen molar-refractivity contribution in [2.45, 2.75) is 45.1 Å². The van der Waals surface area contributed by atoms with Crippen molar-refractivity contribution in [3.05, 3.63) is 54.1 Å². The van der Waals surface area contributed by atoms with Gasteiger partial charge in [0, 0.05) is 31.6 Å². The highest BCUT2D eigenvalue weighted by atomic mass is 16.3. The maximum Gasteiger partial charge on any atom is 0.331 e. The van der Waals surface area contributed by atoms with Gasteiger partial charge < -0.3 is 9.51 Å². The maximum atomic E-state index is 12.6. The van der Waals surface area contributed by atoms with E-state index in [4.69, 9.17) is 4.98 Å². The number of pyridine rings is 1. The third-order valence-corrected chi connectivity index (χ3v) is 5.51. The molecule has 2 fully saturated rings. The zero-order valence-electron chi connectivity index (χ0n) is 18.1. The normalized spacial score (nSPS) is 18.1. The average molecular weight is 422 g/mol. The molecule has 8 heteroatoms. The van der Waals surface area contributed by atoms with E-state index in [1.54, 1.807) is 12.2 Å². The monoisotopic (exact) mass is 421 g/mol. The number of likely N-dealkylation sites (N-methyl/N-ethyl adjacent to an activating group) is 1. The van der Waals surface area contributed by atoms with Gasteiger partial charge in [0.1, 0.15) is 12.6 Å².